The highest BCUT2D eigenvalue weighted by molar-refractivity contribution is 6.32. The third kappa shape index (κ3) is 3.68. The Labute approximate surface area is 122 Å². The first-order chi connectivity index (χ1) is 9.45. The topological polar surface area (TPSA) is 48.1 Å². The van der Waals surface area contributed by atoms with Crippen LogP contribution in [0.15, 0.2) is 30.5 Å². The molecule has 0 aliphatic carbocycles. The van der Waals surface area contributed by atoms with Crippen LogP contribution in [-0.4, -0.2) is 11.0 Å². The predicted molar refractivity (Wildman–Crippen MR) is 77.8 cm³/mol. The van der Waals surface area contributed by atoms with Crippen molar-refractivity contribution in [3.8, 4) is 11.6 Å². The Morgan fingerprint density at radius 1 is 1.40 bits per heavy atom. The van der Waals surface area contributed by atoms with Gasteiger partial charge in [-0.15, -0.1) is 0 Å². The predicted octanol–water partition coefficient (Wildman–Crippen LogP) is 3.86. The highest BCUT2D eigenvalue weighted by Gasteiger charge is 2.09. The van der Waals surface area contributed by atoms with Crippen molar-refractivity contribution >= 4 is 11.6 Å². The van der Waals surface area contributed by atoms with E-state index in [-0.39, 0.29) is 11.1 Å². The normalized spacial score (nSPS) is 12.2. The third-order valence-corrected chi connectivity index (χ3v) is 3.04. The van der Waals surface area contributed by atoms with Crippen molar-refractivity contribution in [3.63, 3.8) is 0 Å². The molecule has 0 saturated carbocycles. The molecule has 0 aliphatic rings. The SMILES string of the molecule is Cc1cc(CC(C)N)cnc1Oc1ccc(F)cc1Cl. The molecule has 106 valence electrons. The number of halogens is 2. The molecule has 1 aromatic carbocycles. The molecule has 0 bridgehead atoms. The van der Waals surface area contributed by atoms with Crippen molar-refractivity contribution in [2.45, 2.75) is 26.3 Å². The molecule has 0 radical (unpaired) electrons. The monoisotopic (exact) mass is 294 g/mol. The first-order valence-electron chi connectivity index (χ1n) is 6.29. The summed E-state index contributed by atoms with van der Waals surface area (Å²) in [7, 11) is 0. The van der Waals surface area contributed by atoms with Gasteiger partial charge >= 0.3 is 0 Å². The quantitative estimate of drug-likeness (QED) is 0.931. The molecule has 5 heteroatoms. The van der Waals surface area contributed by atoms with E-state index in [1.165, 1.54) is 18.2 Å². The van der Waals surface area contributed by atoms with E-state index in [0.29, 0.717) is 11.6 Å². The molecule has 20 heavy (non-hydrogen) atoms. The molecule has 1 atom stereocenters. The molecular weight excluding hydrogens is 279 g/mol. The lowest BCUT2D eigenvalue weighted by molar-refractivity contribution is 0.457. The van der Waals surface area contributed by atoms with Crippen molar-refractivity contribution in [1.29, 1.82) is 0 Å². The van der Waals surface area contributed by atoms with Crippen LogP contribution >= 0.6 is 11.6 Å². The lowest BCUT2D eigenvalue weighted by atomic mass is 10.1. The van der Waals surface area contributed by atoms with Gasteiger partial charge in [-0.25, -0.2) is 9.37 Å². The van der Waals surface area contributed by atoms with E-state index in [1.807, 2.05) is 19.9 Å². The van der Waals surface area contributed by atoms with Gasteiger partial charge in [0.1, 0.15) is 11.6 Å². The largest absolute Gasteiger partial charge is 0.437 e. The first kappa shape index (κ1) is 14.8. The van der Waals surface area contributed by atoms with Crippen LogP contribution in [-0.2, 0) is 6.42 Å². The Hall–Kier alpha value is -1.65. The van der Waals surface area contributed by atoms with Gasteiger partial charge < -0.3 is 10.5 Å². The van der Waals surface area contributed by atoms with Crippen molar-refractivity contribution in [3.05, 3.63) is 52.4 Å². The summed E-state index contributed by atoms with van der Waals surface area (Å²) in [6.45, 7) is 3.84. The van der Waals surface area contributed by atoms with Crippen LogP contribution in [0.2, 0.25) is 5.02 Å². The Bertz CT molecular complexity index is 617. The minimum Gasteiger partial charge on any atom is -0.437 e. The molecular formula is C15H16ClFN2O. The molecule has 1 unspecified atom stereocenters. The van der Waals surface area contributed by atoms with Crippen molar-refractivity contribution in [2.24, 2.45) is 5.73 Å². The number of hydrogen-bond acceptors (Lipinski definition) is 3. The number of aryl methyl sites for hydroxylation is 1. The molecule has 0 amide bonds. The molecule has 0 spiro atoms. The Morgan fingerprint density at radius 3 is 2.75 bits per heavy atom. The second-order valence-corrected chi connectivity index (χ2v) is 5.23. The third-order valence-electron chi connectivity index (χ3n) is 2.75. The fourth-order valence-electron chi connectivity index (χ4n) is 1.87. The van der Waals surface area contributed by atoms with E-state index in [2.05, 4.69) is 4.98 Å². The lowest BCUT2D eigenvalue weighted by Gasteiger charge is -2.11. The summed E-state index contributed by atoms with van der Waals surface area (Å²) in [5.41, 5.74) is 7.69. The summed E-state index contributed by atoms with van der Waals surface area (Å²) in [5.74, 6) is 0.426. The summed E-state index contributed by atoms with van der Waals surface area (Å²) < 4.78 is 18.6. The van der Waals surface area contributed by atoms with Gasteiger partial charge in [-0.2, -0.15) is 0 Å². The number of nitrogens with zero attached hydrogens (tertiary/aromatic N) is 1. The van der Waals surface area contributed by atoms with Crippen molar-refractivity contribution in [1.82, 2.24) is 4.98 Å². The molecule has 2 rings (SSSR count). The maximum atomic E-state index is 13.0. The number of rotatable bonds is 4. The minimum atomic E-state index is -0.403. The van der Waals surface area contributed by atoms with Gasteiger partial charge in [-0.3, -0.25) is 0 Å². The fraction of sp³-hybridized carbons (Fsp3) is 0.267. The summed E-state index contributed by atoms with van der Waals surface area (Å²) in [5, 5.41) is 0.214. The molecule has 2 N–H and O–H groups in total. The smallest absolute Gasteiger partial charge is 0.222 e. The van der Waals surface area contributed by atoms with E-state index in [0.717, 1.165) is 17.5 Å². The van der Waals surface area contributed by atoms with Gasteiger partial charge in [0.15, 0.2) is 0 Å². The Morgan fingerprint density at radius 2 is 2.15 bits per heavy atom. The molecule has 0 fully saturated rings. The highest BCUT2D eigenvalue weighted by atomic mass is 35.5. The van der Waals surface area contributed by atoms with Crippen LogP contribution in [0, 0.1) is 12.7 Å². The molecule has 1 heterocycles. The average molecular weight is 295 g/mol. The molecule has 2 aromatic rings. The maximum absolute atomic E-state index is 13.0. The summed E-state index contributed by atoms with van der Waals surface area (Å²) in [6.07, 6.45) is 2.48. The number of pyridine rings is 1. The first-order valence-corrected chi connectivity index (χ1v) is 6.67. The van der Waals surface area contributed by atoms with E-state index in [1.54, 1.807) is 6.20 Å². The van der Waals surface area contributed by atoms with Gasteiger partial charge in [0.2, 0.25) is 5.88 Å². The maximum Gasteiger partial charge on any atom is 0.222 e. The Balaban J connectivity index is 2.21. The van der Waals surface area contributed by atoms with Crippen molar-refractivity contribution < 1.29 is 9.13 Å². The van der Waals surface area contributed by atoms with Crippen LogP contribution in [0.4, 0.5) is 4.39 Å². The number of nitrogens with two attached hydrogens (primary N) is 1. The zero-order valence-electron chi connectivity index (χ0n) is 11.4. The lowest BCUT2D eigenvalue weighted by Crippen LogP contribution is -2.17. The van der Waals surface area contributed by atoms with Gasteiger partial charge in [0.25, 0.3) is 0 Å². The second kappa shape index (κ2) is 6.20. The molecule has 1 aromatic heterocycles. The minimum absolute atomic E-state index is 0.0783. The number of benzene rings is 1. The van der Waals surface area contributed by atoms with Crippen LogP contribution < -0.4 is 10.5 Å². The van der Waals surface area contributed by atoms with E-state index < -0.39 is 5.82 Å². The highest BCUT2D eigenvalue weighted by Crippen LogP contribution is 2.30. The van der Waals surface area contributed by atoms with Crippen LogP contribution in [0.1, 0.15) is 18.1 Å². The molecule has 0 saturated heterocycles. The second-order valence-electron chi connectivity index (χ2n) is 4.82. The summed E-state index contributed by atoms with van der Waals surface area (Å²) in [4.78, 5) is 4.26. The van der Waals surface area contributed by atoms with Crippen LogP contribution in [0.25, 0.3) is 0 Å². The zero-order chi connectivity index (χ0) is 14.7. The van der Waals surface area contributed by atoms with Gasteiger partial charge in [-0.05, 0) is 50.1 Å². The van der Waals surface area contributed by atoms with Gasteiger partial charge in [0.05, 0.1) is 5.02 Å². The fourth-order valence-corrected chi connectivity index (χ4v) is 2.08. The van der Waals surface area contributed by atoms with E-state index >= 15 is 0 Å². The van der Waals surface area contributed by atoms with Gasteiger partial charge in [0, 0.05) is 17.8 Å². The summed E-state index contributed by atoms with van der Waals surface area (Å²) >= 11 is 5.92. The van der Waals surface area contributed by atoms with E-state index in [4.69, 9.17) is 22.1 Å². The average Bonchev–Trinajstić information content (AvgIpc) is 2.34. The summed E-state index contributed by atoms with van der Waals surface area (Å²) in [6, 6.07) is 6.03. The van der Waals surface area contributed by atoms with Gasteiger partial charge in [-0.1, -0.05) is 11.6 Å². The standard InChI is InChI=1S/C15H16ClFN2O/c1-9-5-11(6-10(2)18)8-19-15(9)20-14-4-3-12(17)7-13(14)16/h3-5,7-8,10H,6,18H2,1-2H3. The molecule has 0 aliphatic heterocycles. The zero-order valence-corrected chi connectivity index (χ0v) is 12.1. The van der Waals surface area contributed by atoms with Crippen molar-refractivity contribution in [2.75, 3.05) is 0 Å². The molecule has 3 nitrogen and oxygen atoms in total. The Kier molecular flexibility index (Phi) is 4.57. The van der Waals surface area contributed by atoms with Crippen LogP contribution in [0.3, 0.4) is 0 Å². The number of hydrogen-bond donors (Lipinski definition) is 1. The van der Waals surface area contributed by atoms with E-state index in [9.17, 15) is 4.39 Å². The number of ether oxygens (including phenoxy) is 1. The van der Waals surface area contributed by atoms with Crippen LogP contribution in [0.5, 0.6) is 11.6 Å². The number of aromatic nitrogens is 1.